The normalized spacial score (nSPS) is 11.0. The lowest BCUT2D eigenvalue weighted by atomic mass is 9.92. The Kier molecular flexibility index (Phi) is 5.28. The topological polar surface area (TPSA) is 47.8 Å². The fourth-order valence-electron chi connectivity index (χ4n) is 3.12. The summed E-state index contributed by atoms with van der Waals surface area (Å²) in [6.07, 6.45) is 0. The molecule has 0 bridgehead atoms. The molecule has 3 rings (SSSR count). The number of rotatable bonds is 5. The molecule has 1 aromatic heterocycles. The Hall–Kier alpha value is -2.40. The lowest BCUT2D eigenvalue weighted by Crippen LogP contribution is -2.10. The Morgan fingerprint density at radius 2 is 1.62 bits per heavy atom. The molecule has 0 saturated heterocycles. The molecule has 0 atom stereocenters. The highest BCUT2D eigenvalue weighted by Gasteiger charge is 2.18. The van der Waals surface area contributed by atoms with Crippen LogP contribution in [0.3, 0.4) is 0 Å². The van der Waals surface area contributed by atoms with Crippen LogP contribution in [0.15, 0.2) is 41.6 Å². The van der Waals surface area contributed by atoms with Crippen LogP contribution in [0, 0.1) is 27.7 Å². The van der Waals surface area contributed by atoms with E-state index in [0.29, 0.717) is 5.75 Å². The molecule has 0 aliphatic heterocycles. The zero-order valence-corrected chi connectivity index (χ0v) is 16.6. The number of carbonyl (C=O) groups excluding carboxylic acids is 1. The quantitative estimate of drug-likeness (QED) is 0.486. The van der Waals surface area contributed by atoms with Crippen LogP contribution >= 0.6 is 11.8 Å². The first-order valence-corrected chi connectivity index (χ1v) is 9.57. The molecule has 0 aliphatic rings. The van der Waals surface area contributed by atoms with E-state index in [9.17, 15) is 4.79 Å². The zero-order chi connectivity index (χ0) is 18.8. The number of hydrogen-bond acceptors (Lipinski definition) is 4. The molecule has 0 amide bonds. The second kappa shape index (κ2) is 7.46. The van der Waals surface area contributed by atoms with Gasteiger partial charge in [-0.3, -0.25) is 4.79 Å². The van der Waals surface area contributed by atoms with Gasteiger partial charge in [-0.05, 0) is 49.9 Å². The van der Waals surface area contributed by atoms with Crippen molar-refractivity contribution in [1.82, 2.24) is 14.8 Å². The van der Waals surface area contributed by atoms with Crippen molar-refractivity contribution in [3.05, 3.63) is 64.2 Å². The molecule has 1 heterocycles. The van der Waals surface area contributed by atoms with Crippen LogP contribution in [-0.4, -0.2) is 26.3 Å². The summed E-state index contributed by atoms with van der Waals surface area (Å²) >= 11 is 1.43. The van der Waals surface area contributed by atoms with Crippen LogP contribution in [-0.2, 0) is 7.05 Å². The Morgan fingerprint density at radius 1 is 1.00 bits per heavy atom. The van der Waals surface area contributed by atoms with Crippen LogP contribution in [0.5, 0.6) is 0 Å². The molecule has 5 heteroatoms. The van der Waals surface area contributed by atoms with Gasteiger partial charge in [-0.2, -0.15) is 0 Å². The maximum Gasteiger partial charge on any atom is 0.191 e. The van der Waals surface area contributed by atoms with E-state index in [2.05, 4.69) is 30.1 Å². The highest BCUT2D eigenvalue weighted by molar-refractivity contribution is 7.99. The van der Waals surface area contributed by atoms with Gasteiger partial charge in [0.1, 0.15) is 0 Å². The van der Waals surface area contributed by atoms with Crippen molar-refractivity contribution in [1.29, 1.82) is 0 Å². The van der Waals surface area contributed by atoms with Gasteiger partial charge in [0.15, 0.2) is 16.8 Å². The number of carbonyl (C=O) groups is 1. The number of aryl methyl sites for hydroxylation is 2. The number of aromatic nitrogens is 3. The molecule has 0 aliphatic carbocycles. The molecule has 26 heavy (non-hydrogen) atoms. The molecule has 4 nitrogen and oxygen atoms in total. The van der Waals surface area contributed by atoms with Crippen LogP contribution < -0.4 is 0 Å². The SMILES string of the molecule is Cc1cc(C)c(C)c(C(=O)CSc2nnc(-c3ccccc3)n2C)c1C. The summed E-state index contributed by atoms with van der Waals surface area (Å²) in [5.74, 6) is 1.30. The van der Waals surface area contributed by atoms with Gasteiger partial charge in [-0.1, -0.05) is 48.2 Å². The van der Waals surface area contributed by atoms with Crippen LogP contribution in [0.4, 0.5) is 0 Å². The molecule has 0 saturated carbocycles. The van der Waals surface area contributed by atoms with Gasteiger partial charge in [0.2, 0.25) is 0 Å². The van der Waals surface area contributed by atoms with E-state index in [1.165, 1.54) is 11.8 Å². The third-order valence-corrected chi connectivity index (χ3v) is 5.86. The van der Waals surface area contributed by atoms with Crippen molar-refractivity contribution in [2.45, 2.75) is 32.9 Å². The van der Waals surface area contributed by atoms with Gasteiger partial charge in [-0.25, -0.2) is 0 Å². The predicted molar refractivity (Wildman–Crippen MR) is 107 cm³/mol. The maximum atomic E-state index is 12.9. The molecular formula is C21H23N3OS. The molecular weight excluding hydrogens is 342 g/mol. The molecule has 0 spiro atoms. The lowest BCUT2D eigenvalue weighted by Gasteiger charge is -2.14. The monoisotopic (exact) mass is 365 g/mol. The number of hydrogen-bond donors (Lipinski definition) is 0. The Balaban J connectivity index is 1.81. The maximum absolute atomic E-state index is 12.9. The van der Waals surface area contributed by atoms with Gasteiger partial charge in [0.05, 0.1) is 5.75 Å². The average Bonchev–Trinajstić information content (AvgIpc) is 3.00. The lowest BCUT2D eigenvalue weighted by molar-refractivity contribution is 0.102. The summed E-state index contributed by atoms with van der Waals surface area (Å²) in [4.78, 5) is 12.9. The van der Waals surface area contributed by atoms with Crippen molar-refractivity contribution in [2.75, 3.05) is 5.75 Å². The smallest absolute Gasteiger partial charge is 0.191 e. The van der Waals surface area contributed by atoms with E-state index in [1.807, 2.05) is 55.8 Å². The van der Waals surface area contributed by atoms with Crippen LogP contribution in [0.2, 0.25) is 0 Å². The molecule has 0 fully saturated rings. The fourth-order valence-corrected chi connectivity index (χ4v) is 3.90. The van der Waals surface area contributed by atoms with Gasteiger partial charge < -0.3 is 4.57 Å². The third kappa shape index (κ3) is 3.44. The van der Waals surface area contributed by atoms with Crippen molar-refractivity contribution in [2.24, 2.45) is 7.05 Å². The minimum atomic E-state index is 0.140. The largest absolute Gasteiger partial charge is 0.305 e. The van der Waals surface area contributed by atoms with E-state index in [0.717, 1.165) is 44.4 Å². The number of nitrogens with zero attached hydrogens (tertiary/aromatic N) is 3. The third-order valence-electron chi connectivity index (χ3n) is 4.84. The summed E-state index contributed by atoms with van der Waals surface area (Å²) in [7, 11) is 1.93. The van der Waals surface area contributed by atoms with Gasteiger partial charge in [-0.15, -0.1) is 10.2 Å². The second-order valence-corrected chi connectivity index (χ2v) is 7.52. The summed E-state index contributed by atoms with van der Waals surface area (Å²) in [6.45, 7) is 8.16. The number of thioether (sulfide) groups is 1. The molecule has 134 valence electrons. The first-order valence-electron chi connectivity index (χ1n) is 8.58. The summed E-state index contributed by atoms with van der Waals surface area (Å²) < 4.78 is 1.94. The van der Waals surface area contributed by atoms with E-state index >= 15 is 0 Å². The standard InChI is InChI=1S/C21H23N3OS/c1-13-11-14(2)16(4)19(15(13)3)18(25)12-26-21-23-22-20(24(21)5)17-9-7-6-8-10-17/h6-11H,12H2,1-5H3. The fraction of sp³-hybridized carbons (Fsp3) is 0.286. The Morgan fingerprint density at radius 3 is 2.23 bits per heavy atom. The average molecular weight is 366 g/mol. The number of Topliss-reactive ketones (excluding diaryl/α,β-unsaturated/α-hetero) is 1. The molecule has 0 radical (unpaired) electrons. The summed E-state index contributed by atoms with van der Waals surface area (Å²) in [5.41, 5.74) is 6.32. The highest BCUT2D eigenvalue weighted by Crippen LogP contribution is 2.26. The number of benzene rings is 2. The minimum Gasteiger partial charge on any atom is -0.305 e. The second-order valence-electron chi connectivity index (χ2n) is 6.58. The predicted octanol–water partition coefficient (Wildman–Crippen LogP) is 4.69. The van der Waals surface area contributed by atoms with E-state index in [4.69, 9.17) is 0 Å². The minimum absolute atomic E-state index is 0.140. The van der Waals surface area contributed by atoms with E-state index in [-0.39, 0.29) is 5.78 Å². The first kappa shape index (κ1) is 18.4. The van der Waals surface area contributed by atoms with Gasteiger partial charge in [0.25, 0.3) is 0 Å². The van der Waals surface area contributed by atoms with Crippen molar-refractivity contribution in [3.8, 4) is 11.4 Å². The summed E-state index contributed by atoms with van der Waals surface area (Å²) in [5, 5.41) is 9.29. The van der Waals surface area contributed by atoms with Crippen molar-refractivity contribution >= 4 is 17.5 Å². The van der Waals surface area contributed by atoms with Crippen LogP contribution in [0.1, 0.15) is 32.6 Å². The molecule has 0 unspecified atom stereocenters. The van der Waals surface area contributed by atoms with E-state index < -0.39 is 0 Å². The first-order chi connectivity index (χ1) is 12.4. The van der Waals surface area contributed by atoms with E-state index in [1.54, 1.807) is 0 Å². The van der Waals surface area contributed by atoms with Crippen LogP contribution in [0.25, 0.3) is 11.4 Å². The number of ketones is 1. The molecule has 3 aromatic rings. The highest BCUT2D eigenvalue weighted by atomic mass is 32.2. The zero-order valence-electron chi connectivity index (χ0n) is 15.8. The van der Waals surface area contributed by atoms with Gasteiger partial charge in [0, 0.05) is 18.2 Å². The van der Waals surface area contributed by atoms with Crippen molar-refractivity contribution in [3.63, 3.8) is 0 Å². The molecule has 0 N–H and O–H groups in total. The summed E-state index contributed by atoms with van der Waals surface area (Å²) in [6, 6.07) is 12.1. The molecule has 2 aromatic carbocycles. The van der Waals surface area contributed by atoms with Gasteiger partial charge >= 0.3 is 0 Å². The Labute approximate surface area is 158 Å². The Bertz CT molecular complexity index is 935. The van der Waals surface area contributed by atoms with Crippen molar-refractivity contribution < 1.29 is 4.79 Å².